The Labute approximate surface area is 84.1 Å². The molecular weight excluding hydrogens is 174 g/mol. The van der Waals surface area contributed by atoms with Crippen molar-refractivity contribution < 1.29 is 0 Å². The third-order valence-corrected chi connectivity index (χ3v) is 4.16. The first kappa shape index (κ1) is 8.33. The fourth-order valence-corrected chi connectivity index (χ4v) is 3.31. The number of H-pyrrole nitrogens is 1. The average Bonchev–Trinajstić information content (AvgIpc) is 2.59. The van der Waals surface area contributed by atoms with Gasteiger partial charge in [-0.05, 0) is 31.6 Å². The molecule has 1 aromatic heterocycles. The molecule has 2 fully saturated rings. The van der Waals surface area contributed by atoms with E-state index in [0.29, 0.717) is 5.41 Å². The Morgan fingerprint density at radius 1 is 1.64 bits per heavy atom. The molecule has 0 aliphatic heterocycles. The molecule has 3 heteroatoms. The van der Waals surface area contributed by atoms with Crippen LogP contribution in [0, 0.1) is 5.92 Å². The molecular formula is C11H17N3. The van der Waals surface area contributed by atoms with Crippen LogP contribution in [0.1, 0.15) is 43.9 Å². The molecule has 1 aromatic rings. The molecule has 0 unspecified atom stereocenters. The van der Waals surface area contributed by atoms with Gasteiger partial charge in [-0.15, -0.1) is 0 Å². The summed E-state index contributed by atoms with van der Waals surface area (Å²) < 4.78 is 0. The van der Waals surface area contributed by atoms with Gasteiger partial charge in [0.1, 0.15) is 5.82 Å². The highest BCUT2D eigenvalue weighted by Crippen LogP contribution is 2.64. The van der Waals surface area contributed by atoms with Crippen LogP contribution in [0.2, 0.25) is 0 Å². The lowest BCUT2D eigenvalue weighted by molar-refractivity contribution is 0.626. The molecule has 2 aliphatic carbocycles. The van der Waals surface area contributed by atoms with E-state index in [1.165, 1.54) is 36.9 Å². The van der Waals surface area contributed by atoms with Crippen molar-refractivity contribution in [3.63, 3.8) is 0 Å². The monoisotopic (exact) mass is 191 g/mol. The van der Waals surface area contributed by atoms with Crippen molar-refractivity contribution in [2.24, 2.45) is 5.92 Å². The number of nitrogens with two attached hydrogens (primary N) is 1. The number of nitrogen functional groups attached to an aromatic ring is 1. The van der Waals surface area contributed by atoms with Crippen LogP contribution in [0.5, 0.6) is 0 Å². The van der Waals surface area contributed by atoms with Gasteiger partial charge in [0, 0.05) is 16.7 Å². The normalized spacial score (nSPS) is 34.5. The Balaban J connectivity index is 2.04. The summed E-state index contributed by atoms with van der Waals surface area (Å²) in [5, 5.41) is 7.33. The quantitative estimate of drug-likeness (QED) is 0.751. The molecule has 1 heterocycles. The van der Waals surface area contributed by atoms with Crippen LogP contribution in [0.3, 0.4) is 0 Å². The van der Waals surface area contributed by atoms with Crippen molar-refractivity contribution in [1.82, 2.24) is 10.2 Å². The summed E-state index contributed by atoms with van der Waals surface area (Å²) in [5.41, 5.74) is 8.96. The van der Waals surface area contributed by atoms with Gasteiger partial charge in [0.15, 0.2) is 0 Å². The zero-order valence-electron chi connectivity index (χ0n) is 8.64. The van der Waals surface area contributed by atoms with Crippen molar-refractivity contribution in [2.45, 2.75) is 44.4 Å². The lowest BCUT2D eigenvalue weighted by atomic mass is 9.94. The summed E-state index contributed by atoms with van der Waals surface area (Å²) in [5.74, 6) is 1.64. The SMILES string of the molecule is CCc1c(N)n[nH]c1[C@@]12CCC[C@@H]1C2. The minimum absolute atomic E-state index is 0.468. The van der Waals surface area contributed by atoms with Gasteiger partial charge < -0.3 is 5.73 Å². The number of rotatable bonds is 2. The fourth-order valence-electron chi connectivity index (χ4n) is 3.31. The topological polar surface area (TPSA) is 54.7 Å². The highest BCUT2D eigenvalue weighted by molar-refractivity contribution is 5.48. The summed E-state index contributed by atoms with van der Waals surface area (Å²) in [7, 11) is 0. The first-order chi connectivity index (χ1) is 6.78. The predicted molar refractivity (Wildman–Crippen MR) is 56.0 cm³/mol. The summed E-state index contributed by atoms with van der Waals surface area (Å²) in [4.78, 5) is 0. The molecule has 2 aliphatic rings. The van der Waals surface area contributed by atoms with E-state index in [1.54, 1.807) is 0 Å². The standard InChI is InChI=1S/C11H17N3/c1-2-8-9(13-14-10(8)12)11-5-3-4-7(11)6-11/h7H,2-6H2,1H3,(H3,12,13,14)/t7-,11-/m1/s1. The number of aromatic amines is 1. The van der Waals surface area contributed by atoms with Gasteiger partial charge in [-0.3, -0.25) is 5.10 Å². The van der Waals surface area contributed by atoms with E-state index in [-0.39, 0.29) is 0 Å². The molecule has 3 N–H and O–H groups in total. The largest absolute Gasteiger partial charge is 0.382 e. The van der Waals surface area contributed by atoms with E-state index >= 15 is 0 Å². The van der Waals surface area contributed by atoms with E-state index in [1.807, 2.05) is 0 Å². The van der Waals surface area contributed by atoms with Gasteiger partial charge in [0.2, 0.25) is 0 Å². The van der Waals surface area contributed by atoms with Gasteiger partial charge in [-0.1, -0.05) is 13.3 Å². The first-order valence-electron chi connectivity index (χ1n) is 5.61. The van der Waals surface area contributed by atoms with Crippen LogP contribution in [0.25, 0.3) is 0 Å². The third-order valence-electron chi connectivity index (χ3n) is 4.16. The summed E-state index contributed by atoms with van der Waals surface area (Å²) in [6.45, 7) is 2.16. The van der Waals surface area contributed by atoms with Crippen molar-refractivity contribution in [3.8, 4) is 0 Å². The number of aromatic nitrogens is 2. The highest BCUT2D eigenvalue weighted by atomic mass is 15.2. The smallest absolute Gasteiger partial charge is 0.148 e. The third kappa shape index (κ3) is 0.851. The molecule has 14 heavy (non-hydrogen) atoms. The second-order valence-electron chi connectivity index (χ2n) is 4.77. The average molecular weight is 191 g/mol. The Bertz CT molecular complexity index is 369. The molecule has 0 aromatic carbocycles. The van der Waals surface area contributed by atoms with E-state index < -0.39 is 0 Å². The van der Waals surface area contributed by atoms with E-state index in [4.69, 9.17) is 5.73 Å². The van der Waals surface area contributed by atoms with Crippen LogP contribution in [-0.4, -0.2) is 10.2 Å². The molecule has 2 saturated carbocycles. The Kier molecular flexibility index (Phi) is 1.50. The summed E-state index contributed by atoms with van der Waals surface area (Å²) >= 11 is 0. The summed E-state index contributed by atoms with van der Waals surface area (Å²) in [6, 6.07) is 0. The molecule has 0 bridgehead atoms. The Morgan fingerprint density at radius 3 is 3.07 bits per heavy atom. The fraction of sp³-hybridized carbons (Fsp3) is 0.727. The molecule has 0 saturated heterocycles. The van der Waals surface area contributed by atoms with E-state index in [2.05, 4.69) is 17.1 Å². The molecule has 76 valence electrons. The van der Waals surface area contributed by atoms with Crippen LogP contribution < -0.4 is 5.73 Å². The van der Waals surface area contributed by atoms with E-state index in [0.717, 1.165) is 18.2 Å². The zero-order valence-corrected chi connectivity index (χ0v) is 8.64. The molecule has 2 atom stereocenters. The van der Waals surface area contributed by atoms with E-state index in [9.17, 15) is 0 Å². The molecule has 0 spiro atoms. The van der Waals surface area contributed by atoms with Crippen molar-refractivity contribution in [3.05, 3.63) is 11.3 Å². The highest BCUT2D eigenvalue weighted by Gasteiger charge is 2.59. The molecule has 0 amide bonds. The first-order valence-corrected chi connectivity index (χ1v) is 5.61. The number of hydrogen-bond acceptors (Lipinski definition) is 2. The number of fused-ring (bicyclic) bond motifs is 1. The van der Waals surface area contributed by atoms with Crippen LogP contribution in [-0.2, 0) is 11.8 Å². The van der Waals surface area contributed by atoms with Crippen molar-refractivity contribution >= 4 is 5.82 Å². The van der Waals surface area contributed by atoms with Crippen molar-refractivity contribution in [2.75, 3.05) is 5.73 Å². The number of nitrogens with one attached hydrogen (secondary N) is 1. The molecule has 0 radical (unpaired) electrons. The number of hydrogen-bond donors (Lipinski definition) is 2. The second kappa shape index (κ2) is 2.53. The Morgan fingerprint density at radius 2 is 2.50 bits per heavy atom. The van der Waals surface area contributed by atoms with Crippen LogP contribution in [0.15, 0.2) is 0 Å². The minimum atomic E-state index is 0.468. The molecule has 3 rings (SSSR count). The maximum Gasteiger partial charge on any atom is 0.148 e. The van der Waals surface area contributed by atoms with Gasteiger partial charge >= 0.3 is 0 Å². The minimum Gasteiger partial charge on any atom is -0.382 e. The maximum atomic E-state index is 5.85. The van der Waals surface area contributed by atoms with Gasteiger partial charge in [-0.2, -0.15) is 5.10 Å². The van der Waals surface area contributed by atoms with Gasteiger partial charge in [-0.25, -0.2) is 0 Å². The lowest BCUT2D eigenvalue weighted by Crippen LogP contribution is -2.09. The van der Waals surface area contributed by atoms with Crippen LogP contribution >= 0.6 is 0 Å². The number of nitrogens with zero attached hydrogens (tertiary/aromatic N) is 1. The lowest BCUT2D eigenvalue weighted by Gasteiger charge is -2.11. The molecule has 3 nitrogen and oxygen atoms in total. The predicted octanol–water partition coefficient (Wildman–Crippen LogP) is 2.00. The Hall–Kier alpha value is -0.990. The van der Waals surface area contributed by atoms with Crippen molar-refractivity contribution in [1.29, 1.82) is 0 Å². The number of anilines is 1. The maximum absolute atomic E-state index is 5.85. The van der Waals surface area contributed by atoms with Gasteiger partial charge in [0.25, 0.3) is 0 Å². The van der Waals surface area contributed by atoms with Gasteiger partial charge in [0.05, 0.1) is 0 Å². The van der Waals surface area contributed by atoms with Crippen LogP contribution in [0.4, 0.5) is 5.82 Å². The zero-order chi connectivity index (χ0) is 9.76. The summed E-state index contributed by atoms with van der Waals surface area (Å²) in [6.07, 6.45) is 6.49. The second-order valence-corrected chi connectivity index (χ2v) is 4.77.